The van der Waals surface area contributed by atoms with E-state index in [9.17, 15) is 4.79 Å². The first-order chi connectivity index (χ1) is 9.16. The van der Waals surface area contributed by atoms with Gasteiger partial charge in [-0.25, -0.2) is 0 Å². The molecule has 1 aromatic carbocycles. The van der Waals surface area contributed by atoms with Crippen LogP contribution in [0.5, 0.6) is 5.75 Å². The number of piperidine rings is 1. The number of para-hydroxylation sites is 1. The van der Waals surface area contributed by atoms with E-state index >= 15 is 0 Å². The number of rotatable bonds is 4. The summed E-state index contributed by atoms with van der Waals surface area (Å²) in [6.07, 6.45) is 1.98. The van der Waals surface area contributed by atoms with Gasteiger partial charge in [0.25, 0.3) is 0 Å². The Balaban J connectivity index is 0.00000200. The van der Waals surface area contributed by atoms with Gasteiger partial charge in [-0.3, -0.25) is 4.79 Å². The summed E-state index contributed by atoms with van der Waals surface area (Å²) in [6, 6.07) is 9.46. The van der Waals surface area contributed by atoms with Crippen LogP contribution in [0.15, 0.2) is 30.3 Å². The third-order valence-corrected chi connectivity index (χ3v) is 3.54. The van der Waals surface area contributed by atoms with Gasteiger partial charge in [-0.1, -0.05) is 18.2 Å². The maximum atomic E-state index is 11.8. The van der Waals surface area contributed by atoms with E-state index in [2.05, 4.69) is 0 Å². The van der Waals surface area contributed by atoms with Crippen LogP contribution in [0.2, 0.25) is 0 Å². The molecule has 0 bridgehead atoms. The zero-order valence-corrected chi connectivity index (χ0v) is 12.6. The van der Waals surface area contributed by atoms with Gasteiger partial charge < -0.3 is 15.4 Å². The normalized spacial score (nSPS) is 17.2. The largest absolute Gasteiger partial charge is 0.493 e. The smallest absolute Gasteiger partial charge is 0.239 e. The van der Waals surface area contributed by atoms with Crippen molar-refractivity contribution in [3.05, 3.63) is 30.3 Å². The molecule has 1 aliphatic heterocycles. The Morgan fingerprint density at radius 3 is 2.50 bits per heavy atom. The molecule has 0 radical (unpaired) electrons. The maximum Gasteiger partial charge on any atom is 0.239 e. The second kappa shape index (κ2) is 8.12. The van der Waals surface area contributed by atoms with Crippen LogP contribution in [0.3, 0.4) is 0 Å². The van der Waals surface area contributed by atoms with Crippen LogP contribution in [0.4, 0.5) is 0 Å². The van der Waals surface area contributed by atoms with Crippen molar-refractivity contribution in [2.75, 3.05) is 19.7 Å². The molecule has 0 aromatic heterocycles. The molecule has 1 aromatic rings. The van der Waals surface area contributed by atoms with Crippen molar-refractivity contribution in [2.24, 2.45) is 11.7 Å². The summed E-state index contributed by atoms with van der Waals surface area (Å²) in [5, 5.41) is 0. The number of halogens is 1. The number of hydrogen-bond donors (Lipinski definition) is 1. The van der Waals surface area contributed by atoms with Crippen LogP contribution < -0.4 is 10.5 Å². The van der Waals surface area contributed by atoms with Crippen LogP contribution in [-0.2, 0) is 4.79 Å². The third kappa shape index (κ3) is 4.69. The zero-order valence-electron chi connectivity index (χ0n) is 11.8. The fourth-order valence-corrected chi connectivity index (χ4v) is 2.34. The first-order valence-corrected chi connectivity index (χ1v) is 6.89. The molecule has 0 spiro atoms. The molecule has 2 N–H and O–H groups in total. The standard InChI is InChI=1S/C15H22N2O2.ClH/c1-12(16)15(18)17-9-7-13(8-10-17)11-19-14-5-3-2-4-6-14;/h2-6,12-13H,7-11,16H2,1H3;1H/t12-;/m0./s1. The predicted octanol–water partition coefficient (Wildman–Crippen LogP) is 2.07. The summed E-state index contributed by atoms with van der Waals surface area (Å²) in [6.45, 7) is 4.06. The summed E-state index contributed by atoms with van der Waals surface area (Å²) in [4.78, 5) is 13.6. The Hall–Kier alpha value is -1.26. The predicted molar refractivity (Wildman–Crippen MR) is 82.1 cm³/mol. The van der Waals surface area contributed by atoms with Gasteiger partial charge in [0.1, 0.15) is 5.75 Å². The zero-order chi connectivity index (χ0) is 13.7. The van der Waals surface area contributed by atoms with Crippen molar-refractivity contribution in [3.8, 4) is 5.75 Å². The lowest BCUT2D eigenvalue weighted by Gasteiger charge is -2.32. The minimum Gasteiger partial charge on any atom is -0.493 e. The van der Waals surface area contributed by atoms with Crippen molar-refractivity contribution in [3.63, 3.8) is 0 Å². The highest BCUT2D eigenvalue weighted by atomic mass is 35.5. The Kier molecular flexibility index (Phi) is 6.82. The van der Waals surface area contributed by atoms with Crippen LogP contribution in [-0.4, -0.2) is 36.5 Å². The van der Waals surface area contributed by atoms with Crippen molar-refractivity contribution < 1.29 is 9.53 Å². The molecule has 1 fully saturated rings. The second-order valence-electron chi connectivity index (χ2n) is 5.18. The Morgan fingerprint density at radius 1 is 1.35 bits per heavy atom. The fourth-order valence-electron chi connectivity index (χ4n) is 2.34. The number of hydrogen-bond acceptors (Lipinski definition) is 3. The van der Waals surface area contributed by atoms with Gasteiger partial charge in [0.2, 0.25) is 5.91 Å². The van der Waals surface area contributed by atoms with Gasteiger partial charge in [0, 0.05) is 13.1 Å². The van der Waals surface area contributed by atoms with E-state index in [1.807, 2.05) is 35.2 Å². The number of benzene rings is 1. The van der Waals surface area contributed by atoms with Gasteiger partial charge in [-0.05, 0) is 37.8 Å². The highest BCUT2D eigenvalue weighted by Gasteiger charge is 2.24. The van der Waals surface area contributed by atoms with Gasteiger partial charge >= 0.3 is 0 Å². The molecule has 0 unspecified atom stereocenters. The number of nitrogens with two attached hydrogens (primary N) is 1. The number of ether oxygens (including phenoxy) is 1. The SMILES string of the molecule is C[C@H](N)C(=O)N1CCC(COc2ccccc2)CC1.Cl. The van der Waals surface area contributed by atoms with Gasteiger partial charge in [0.15, 0.2) is 0 Å². The summed E-state index contributed by atoms with van der Waals surface area (Å²) in [5.74, 6) is 1.50. The second-order valence-corrected chi connectivity index (χ2v) is 5.18. The molecule has 1 heterocycles. The van der Waals surface area contributed by atoms with E-state index in [4.69, 9.17) is 10.5 Å². The van der Waals surface area contributed by atoms with Crippen LogP contribution in [0.25, 0.3) is 0 Å². The van der Waals surface area contributed by atoms with Gasteiger partial charge in [-0.15, -0.1) is 12.4 Å². The number of amides is 1. The summed E-state index contributed by atoms with van der Waals surface area (Å²) in [7, 11) is 0. The van der Waals surface area contributed by atoms with E-state index in [1.54, 1.807) is 6.92 Å². The lowest BCUT2D eigenvalue weighted by Crippen LogP contribution is -2.46. The summed E-state index contributed by atoms with van der Waals surface area (Å²) < 4.78 is 5.76. The molecule has 4 nitrogen and oxygen atoms in total. The quantitative estimate of drug-likeness (QED) is 0.926. The highest BCUT2D eigenvalue weighted by Crippen LogP contribution is 2.19. The Labute approximate surface area is 126 Å². The molecule has 2 rings (SSSR count). The minimum absolute atomic E-state index is 0. The molecule has 1 amide bonds. The van der Waals surface area contributed by atoms with Gasteiger partial charge in [0.05, 0.1) is 12.6 Å². The van der Waals surface area contributed by atoms with E-state index < -0.39 is 6.04 Å². The number of carbonyl (C=O) groups excluding carboxylic acids is 1. The average molecular weight is 299 g/mol. The van der Waals surface area contributed by atoms with Crippen molar-refractivity contribution >= 4 is 18.3 Å². The van der Waals surface area contributed by atoms with Crippen molar-refractivity contribution in [1.82, 2.24) is 4.90 Å². The number of nitrogens with zero attached hydrogens (tertiary/aromatic N) is 1. The molecule has 0 saturated carbocycles. The molecule has 20 heavy (non-hydrogen) atoms. The molecular formula is C15H23ClN2O2. The number of likely N-dealkylation sites (tertiary alicyclic amines) is 1. The monoisotopic (exact) mass is 298 g/mol. The maximum absolute atomic E-state index is 11.8. The molecule has 1 atom stereocenters. The van der Waals surface area contributed by atoms with Gasteiger partial charge in [-0.2, -0.15) is 0 Å². The van der Waals surface area contributed by atoms with E-state index in [1.165, 1.54) is 0 Å². The van der Waals surface area contributed by atoms with Crippen LogP contribution in [0.1, 0.15) is 19.8 Å². The van der Waals surface area contributed by atoms with E-state index in [0.717, 1.165) is 38.3 Å². The summed E-state index contributed by atoms with van der Waals surface area (Å²) in [5.41, 5.74) is 5.62. The lowest BCUT2D eigenvalue weighted by molar-refractivity contribution is -0.133. The molecule has 5 heteroatoms. The topological polar surface area (TPSA) is 55.6 Å². The Morgan fingerprint density at radius 2 is 1.95 bits per heavy atom. The van der Waals surface area contributed by atoms with Crippen molar-refractivity contribution in [1.29, 1.82) is 0 Å². The third-order valence-electron chi connectivity index (χ3n) is 3.54. The first kappa shape index (κ1) is 16.8. The molecule has 112 valence electrons. The Bertz CT molecular complexity index is 404. The average Bonchev–Trinajstić information content (AvgIpc) is 2.46. The van der Waals surface area contributed by atoms with E-state index in [0.29, 0.717) is 5.92 Å². The fraction of sp³-hybridized carbons (Fsp3) is 0.533. The minimum atomic E-state index is -0.392. The summed E-state index contributed by atoms with van der Waals surface area (Å²) >= 11 is 0. The molecule has 1 saturated heterocycles. The molecule has 0 aliphatic carbocycles. The van der Waals surface area contributed by atoms with Crippen LogP contribution in [0, 0.1) is 5.92 Å². The first-order valence-electron chi connectivity index (χ1n) is 6.89. The lowest BCUT2D eigenvalue weighted by atomic mass is 9.97. The molecular weight excluding hydrogens is 276 g/mol. The number of carbonyl (C=O) groups is 1. The highest BCUT2D eigenvalue weighted by molar-refractivity contribution is 5.85. The van der Waals surface area contributed by atoms with E-state index in [-0.39, 0.29) is 18.3 Å². The molecule has 1 aliphatic rings. The van der Waals surface area contributed by atoms with Crippen molar-refractivity contribution in [2.45, 2.75) is 25.8 Å². The van der Waals surface area contributed by atoms with Crippen LogP contribution >= 0.6 is 12.4 Å².